The maximum atomic E-state index is 13.0. The molecule has 1 aromatic rings. The van der Waals surface area contributed by atoms with Crippen molar-refractivity contribution in [3.05, 3.63) is 18.5 Å². The number of nitrogens with zero attached hydrogens (tertiary/aromatic N) is 5. The third-order valence-corrected chi connectivity index (χ3v) is 5.17. The Morgan fingerprint density at radius 1 is 1.08 bits per heavy atom. The molecule has 6 nitrogen and oxygen atoms in total. The smallest absolute Gasteiger partial charge is 0.227 e. The van der Waals surface area contributed by atoms with Crippen molar-refractivity contribution >= 4 is 11.9 Å². The van der Waals surface area contributed by atoms with Gasteiger partial charge in [-0.25, -0.2) is 9.97 Å². The molecule has 0 aliphatic carbocycles. The number of aromatic nitrogens is 2. The molecular formula is C18H29N5O. The van der Waals surface area contributed by atoms with E-state index in [1.54, 1.807) is 12.4 Å². The largest absolute Gasteiger partial charge is 0.341 e. The number of carbonyl (C=O) groups excluding carboxylic acids is 1. The minimum absolute atomic E-state index is 0.167. The van der Waals surface area contributed by atoms with Gasteiger partial charge in [0.2, 0.25) is 11.9 Å². The fraction of sp³-hybridized carbons (Fsp3) is 0.722. The van der Waals surface area contributed by atoms with E-state index in [0.717, 1.165) is 64.5 Å². The van der Waals surface area contributed by atoms with Crippen molar-refractivity contribution in [2.75, 3.05) is 44.2 Å². The molecule has 2 aliphatic heterocycles. The van der Waals surface area contributed by atoms with E-state index in [0.29, 0.717) is 11.9 Å². The molecule has 0 radical (unpaired) electrons. The average Bonchev–Trinajstić information content (AvgIpc) is 2.88. The normalized spacial score (nSPS) is 23.4. The zero-order chi connectivity index (χ0) is 16.9. The van der Waals surface area contributed by atoms with Gasteiger partial charge in [-0.1, -0.05) is 0 Å². The minimum Gasteiger partial charge on any atom is -0.341 e. The van der Waals surface area contributed by atoms with Crippen molar-refractivity contribution < 1.29 is 4.79 Å². The minimum atomic E-state index is 0.167. The summed E-state index contributed by atoms with van der Waals surface area (Å²) in [6, 6.07) is 2.36. The van der Waals surface area contributed by atoms with Gasteiger partial charge in [0.25, 0.3) is 0 Å². The summed E-state index contributed by atoms with van der Waals surface area (Å²) >= 11 is 0. The fourth-order valence-corrected chi connectivity index (χ4v) is 3.73. The first-order valence-corrected chi connectivity index (χ1v) is 9.20. The molecule has 2 aliphatic rings. The van der Waals surface area contributed by atoms with E-state index in [2.05, 4.69) is 38.5 Å². The highest BCUT2D eigenvalue weighted by Crippen LogP contribution is 2.21. The lowest BCUT2D eigenvalue weighted by Crippen LogP contribution is -2.47. The Kier molecular flexibility index (Phi) is 5.66. The summed E-state index contributed by atoms with van der Waals surface area (Å²) in [6.07, 6.45) is 6.69. The van der Waals surface area contributed by atoms with Crippen LogP contribution in [-0.4, -0.2) is 71.0 Å². The SMILES string of the molecule is CC(C)N1CCC[C@H](C(=O)N2CCCN(c3ncccn3)CC2)C1. The predicted molar refractivity (Wildman–Crippen MR) is 94.9 cm³/mol. The third-order valence-electron chi connectivity index (χ3n) is 5.17. The molecular weight excluding hydrogens is 302 g/mol. The molecule has 6 heteroatoms. The molecule has 2 fully saturated rings. The molecule has 0 N–H and O–H groups in total. The lowest BCUT2D eigenvalue weighted by atomic mass is 9.95. The number of anilines is 1. The Labute approximate surface area is 144 Å². The van der Waals surface area contributed by atoms with Crippen LogP contribution < -0.4 is 4.90 Å². The van der Waals surface area contributed by atoms with E-state index in [1.807, 2.05) is 6.07 Å². The summed E-state index contributed by atoms with van der Waals surface area (Å²) in [6.45, 7) is 9.83. The Bertz CT molecular complexity index is 535. The first-order valence-electron chi connectivity index (χ1n) is 9.20. The van der Waals surface area contributed by atoms with Crippen LogP contribution in [0.25, 0.3) is 0 Å². The molecule has 1 atom stereocenters. The van der Waals surface area contributed by atoms with Gasteiger partial charge < -0.3 is 14.7 Å². The van der Waals surface area contributed by atoms with Crippen molar-refractivity contribution in [3.63, 3.8) is 0 Å². The first-order chi connectivity index (χ1) is 11.6. The maximum Gasteiger partial charge on any atom is 0.227 e. The van der Waals surface area contributed by atoms with Crippen molar-refractivity contribution in [1.29, 1.82) is 0 Å². The number of carbonyl (C=O) groups is 1. The van der Waals surface area contributed by atoms with Crippen LogP contribution in [0, 0.1) is 5.92 Å². The van der Waals surface area contributed by atoms with Crippen LogP contribution in [0.1, 0.15) is 33.1 Å². The van der Waals surface area contributed by atoms with Crippen LogP contribution in [-0.2, 0) is 4.79 Å². The number of likely N-dealkylation sites (tertiary alicyclic amines) is 1. The quantitative estimate of drug-likeness (QED) is 0.843. The van der Waals surface area contributed by atoms with Gasteiger partial charge in [0.1, 0.15) is 0 Å². The number of piperidine rings is 1. The maximum absolute atomic E-state index is 13.0. The van der Waals surface area contributed by atoms with Crippen molar-refractivity contribution in [2.24, 2.45) is 5.92 Å². The van der Waals surface area contributed by atoms with Crippen LogP contribution in [0.3, 0.4) is 0 Å². The van der Waals surface area contributed by atoms with Gasteiger partial charge >= 0.3 is 0 Å². The highest BCUT2D eigenvalue weighted by atomic mass is 16.2. The molecule has 132 valence electrons. The summed E-state index contributed by atoms with van der Waals surface area (Å²) < 4.78 is 0. The second kappa shape index (κ2) is 7.92. The summed E-state index contributed by atoms with van der Waals surface area (Å²) in [7, 11) is 0. The lowest BCUT2D eigenvalue weighted by Gasteiger charge is -2.36. The monoisotopic (exact) mass is 331 g/mol. The molecule has 3 heterocycles. The van der Waals surface area contributed by atoms with Crippen LogP contribution in [0.4, 0.5) is 5.95 Å². The molecule has 1 amide bonds. The summed E-state index contributed by atoms with van der Waals surface area (Å²) in [5.41, 5.74) is 0. The highest BCUT2D eigenvalue weighted by molar-refractivity contribution is 5.79. The zero-order valence-corrected chi connectivity index (χ0v) is 14.9. The van der Waals surface area contributed by atoms with Crippen molar-refractivity contribution in [3.8, 4) is 0 Å². The van der Waals surface area contributed by atoms with Gasteiger partial charge in [-0.2, -0.15) is 0 Å². The molecule has 3 rings (SSSR count). The molecule has 1 aromatic heterocycles. The second-order valence-corrected chi connectivity index (χ2v) is 7.14. The summed E-state index contributed by atoms with van der Waals surface area (Å²) in [5.74, 6) is 1.28. The van der Waals surface area contributed by atoms with Crippen LogP contribution >= 0.6 is 0 Å². The predicted octanol–water partition coefficient (Wildman–Crippen LogP) is 1.64. The van der Waals surface area contributed by atoms with Gasteiger partial charge in [0.15, 0.2) is 0 Å². The molecule has 0 bridgehead atoms. The van der Waals surface area contributed by atoms with Gasteiger partial charge in [0, 0.05) is 51.2 Å². The van der Waals surface area contributed by atoms with Gasteiger partial charge in [-0.3, -0.25) is 4.79 Å². The van der Waals surface area contributed by atoms with E-state index in [4.69, 9.17) is 0 Å². The number of hydrogen-bond acceptors (Lipinski definition) is 5. The summed E-state index contributed by atoms with van der Waals surface area (Å²) in [4.78, 5) is 28.3. The molecule has 0 spiro atoms. The number of hydrogen-bond donors (Lipinski definition) is 0. The molecule has 0 aromatic carbocycles. The van der Waals surface area contributed by atoms with E-state index in [1.165, 1.54) is 0 Å². The van der Waals surface area contributed by atoms with Gasteiger partial charge in [-0.15, -0.1) is 0 Å². The van der Waals surface area contributed by atoms with Crippen molar-refractivity contribution in [2.45, 2.75) is 39.2 Å². The standard InChI is InChI=1S/C18H29N5O/c1-15(2)23-9-3-6-16(14-23)17(24)21-10-5-11-22(13-12-21)18-19-7-4-8-20-18/h4,7-8,15-16H,3,5-6,9-14H2,1-2H3/t16-/m0/s1. The van der Waals surface area contributed by atoms with E-state index in [9.17, 15) is 4.79 Å². The Morgan fingerprint density at radius 3 is 2.62 bits per heavy atom. The summed E-state index contributed by atoms with van der Waals surface area (Å²) in [5, 5.41) is 0. The van der Waals surface area contributed by atoms with E-state index < -0.39 is 0 Å². The first kappa shape index (κ1) is 17.1. The molecule has 2 saturated heterocycles. The van der Waals surface area contributed by atoms with Crippen molar-refractivity contribution in [1.82, 2.24) is 19.8 Å². The van der Waals surface area contributed by atoms with Crippen LogP contribution in [0.5, 0.6) is 0 Å². The van der Waals surface area contributed by atoms with Gasteiger partial charge in [0.05, 0.1) is 5.92 Å². The van der Waals surface area contributed by atoms with Crippen LogP contribution in [0.15, 0.2) is 18.5 Å². The van der Waals surface area contributed by atoms with E-state index >= 15 is 0 Å². The fourth-order valence-electron chi connectivity index (χ4n) is 3.73. The number of rotatable bonds is 3. The average molecular weight is 331 g/mol. The molecule has 0 unspecified atom stereocenters. The Balaban J connectivity index is 1.58. The third kappa shape index (κ3) is 4.04. The van der Waals surface area contributed by atoms with Gasteiger partial charge in [-0.05, 0) is 45.7 Å². The highest BCUT2D eigenvalue weighted by Gasteiger charge is 2.31. The topological polar surface area (TPSA) is 52.6 Å². The second-order valence-electron chi connectivity index (χ2n) is 7.14. The molecule has 0 saturated carbocycles. The Morgan fingerprint density at radius 2 is 1.88 bits per heavy atom. The van der Waals surface area contributed by atoms with Crippen LogP contribution in [0.2, 0.25) is 0 Å². The molecule has 24 heavy (non-hydrogen) atoms. The number of amides is 1. The lowest BCUT2D eigenvalue weighted by molar-refractivity contribution is -0.137. The zero-order valence-electron chi connectivity index (χ0n) is 14.9. The Hall–Kier alpha value is -1.69. The van der Waals surface area contributed by atoms with E-state index in [-0.39, 0.29) is 5.92 Å².